The molecular weight excluding hydrogens is 517 g/mol. The van der Waals surface area contributed by atoms with Gasteiger partial charge in [-0.3, -0.25) is 9.78 Å². The lowest BCUT2D eigenvalue weighted by Crippen LogP contribution is -2.36. The molecule has 8 nitrogen and oxygen atoms in total. The molecule has 0 bridgehead atoms. The third kappa shape index (κ3) is 5.47. The fourth-order valence-corrected chi connectivity index (χ4v) is 5.88. The number of fused-ring (bicyclic) bond motifs is 1. The molecule has 0 unspecified atom stereocenters. The van der Waals surface area contributed by atoms with Crippen molar-refractivity contribution in [2.75, 3.05) is 24.2 Å². The van der Waals surface area contributed by atoms with Gasteiger partial charge in [0.2, 0.25) is 0 Å². The lowest BCUT2D eigenvalue weighted by atomic mass is 9.95. The first-order chi connectivity index (χ1) is 18.7. The van der Waals surface area contributed by atoms with E-state index in [1.165, 1.54) is 25.7 Å². The van der Waals surface area contributed by atoms with E-state index in [1.54, 1.807) is 12.3 Å². The lowest BCUT2D eigenvalue weighted by molar-refractivity contribution is 0.0949. The maximum atomic E-state index is 13.9. The fourth-order valence-electron chi connectivity index (χ4n) is 5.21. The van der Waals surface area contributed by atoms with Crippen LogP contribution in [0, 0.1) is 11.2 Å². The summed E-state index contributed by atoms with van der Waals surface area (Å²) in [5.74, 6) is -0.418. The third-order valence-electron chi connectivity index (χ3n) is 7.56. The normalized spacial score (nSPS) is 16.4. The predicted octanol–water partition coefficient (Wildman–Crippen LogP) is 4.54. The zero-order chi connectivity index (χ0) is 27.2. The van der Waals surface area contributed by atoms with Crippen LogP contribution in [0.4, 0.5) is 10.2 Å². The number of hydrogen-bond acceptors (Lipinski definition) is 7. The molecule has 1 spiro atoms. The van der Waals surface area contributed by atoms with Crippen LogP contribution in [0.3, 0.4) is 0 Å². The average Bonchev–Trinajstić information content (AvgIpc) is 3.68. The van der Waals surface area contributed by atoms with Crippen molar-refractivity contribution in [3.63, 3.8) is 0 Å². The first-order valence-corrected chi connectivity index (χ1v) is 14.8. The molecule has 1 N–H and O–H groups in total. The zero-order valence-electron chi connectivity index (χ0n) is 21.5. The highest BCUT2D eigenvalue weighted by Gasteiger charge is 2.45. The summed E-state index contributed by atoms with van der Waals surface area (Å²) >= 11 is 0. The molecule has 2 fully saturated rings. The first-order valence-electron chi connectivity index (χ1n) is 12.9. The molecule has 4 aromatic rings. The fraction of sp³-hybridized carbons (Fsp3) is 0.310. The minimum atomic E-state index is -3.66. The highest BCUT2D eigenvalue weighted by molar-refractivity contribution is 7.90. The number of pyridine rings is 3. The summed E-state index contributed by atoms with van der Waals surface area (Å²) in [7, 11) is -3.66. The van der Waals surface area contributed by atoms with Crippen LogP contribution in [0.1, 0.15) is 41.7 Å². The maximum Gasteiger partial charge on any atom is 0.251 e. The van der Waals surface area contributed by atoms with Crippen molar-refractivity contribution in [1.82, 2.24) is 20.3 Å². The van der Waals surface area contributed by atoms with E-state index in [4.69, 9.17) is 9.97 Å². The Bertz CT molecular complexity index is 1700. The molecule has 1 aliphatic carbocycles. The minimum absolute atomic E-state index is 0.0653. The van der Waals surface area contributed by atoms with E-state index in [2.05, 4.69) is 21.3 Å². The Kier molecular flexibility index (Phi) is 6.29. The van der Waals surface area contributed by atoms with Crippen LogP contribution < -0.4 is 10.2 Å². The van der Waals surface area contributed by atoms with Crippen LogP contribution in [0.25, 0.3) is 22.3 Å². The Labute approximate surface area is 226 Å². The molecule has 200 valence electrons. The van der Waals surface area contributed by atoms with Gasteiger partial charge in [0, 0.05) is 36.5 Å². The van der Waals surface area contributed by atoms with Gasteiger partial charge in [-0.1, -0.05) is 6.07 Å². The number of carbonyl (C=O) groups excluding carboxylic acids is 1. The number of carbonyl (C=O) groups is 1. The van der Waals surface area contributed by atoms with Crippen LogP contribution >= 0.6 is 0 Å². The molecule has 0 radical (unpaired) electrons. The van der Waals surface area contributed by atoms with Gasteiger partial charge >= 0.3 is 0 Å². The van der Waals surface area contributed by atoms with Gasteiger partial charge in [-0.2, -0.15) is 0 Å². The quantitative estimate of drug-likeness (QED) is 0.379. The average molecular weight is 546 g/mol. The number of aromatic nitrogens is 3. The van der Waals surface area contributed by atoms with Gasteiger partial charge in [-0.05, 0) is 79.6 Å². The first kappa shape index (κ1) is 25.4. The number of sulfone groups is 1. The van der Waals surface area contributed by atoms with Crippen molar-refractivity contribution < 1.29 is 17.6 Å². The molecule has 1 aromatic carbocycles. The topological polar surface area (TPSA) is 105 Å². The van der Waals surface area contributed by atoms with E-state index < -0.39 is 21.6 Å². The highest BCUT2D eigenvalue weighted by Crippen LogP contribution is 2.52. The predicted molar refractivity (Wildman–Crippen MR) is 147 cm³/mol. The second-order valence-electron chi connectivity index (χ2n) is 10.6. The van der Waals surface area contributed by atoms with Crippen molar-refractivity contribution in [2.45, 2.75) is 37.1 Å². The van der Waals surface area contributed by atoms with Gasteiger partial charge in [0.1, 0.15) is 11.6 Å². The largest absolute Gasteiger partial charge is 0.356 e. The summed E-state index contributed by atoms with van der Waals surface area (Å²) in [6, 6.07) is 14.8. The molecule has 1 saturated heterocycles. The van der Waals surface area contributed by atoms with Crippen molar-refractivity contribution in [2.24, 2.45) is 5.41 Å². The molecule has 3 aromatic heterocycles. The number of piperidine rings is 1. The summed E-state index contributed by atoms with van der Waals surface area (Å²) in [6.07, 6.45) is 7.80. The Morgan fingerprint density at radius 2 is 1.87 bits per heavy atom. The number of benzene rings is 1. The number of hydrogen-bond donors (Lipinski definition) is 1. The van der Waals surface area contributed by atoms with Gasteiger partial charge in [0.25, 0.3) is 5.91 Å². The summed E-state index contributed by atoms with van der Waals surface area (Å²) in [6.45, 7) is 2.16. The van der Waals surface area contributed by atoms with Crippen molar-refractivity contribution >= 4 is 32.5 Å². The van der Waals surface area contributed by atoms with E-state index in [-0.39, 0.29) is 17.0 Å². The number of amides is 1. The lowest BCUT2D eigenvalue weighted by Gasteiger charge is -2.34. The number of anilines is 1. The van der Waals surface area contributed by atoms with Gasteiger partial charge in [-0.25, -0.2) is 22.8 Å². The maximum absolute atomic E-state index is 13.9. The van der Waals surface area contributed by atoms with Crippen LogP contribution in [0.5, 0.6) is 0 Å². The molecule has 4 heterocycles. The summed E-state index contributed by atoms with van der Waals surface area (Å²) in [5, 5.41) is 3.53. The monoisotopic (exact) mass is 545 g/mol. The van der Waals surface area contributed by atoms with Crippen LogP contribution in [0.15, 0.2) is 65.7 Å². The Hall–Kier alpha value is -3.92. The molecule has 6 rings (SSSR count). The van der Waals surface area contributed by atoms with E-state index in [1.807, 2.05) is 24.3 Å². The Morgan fingerprint density at radius 1 is 1.05 bits per heavy atom. The Morgan fingerprint density at radius 3 is 2.67 bits per heavy atom. The molecule has 2 aliphatic rings. The SMILES string of the molecule is CS(=O)(=O)c1cc(F)cc(C(=O)NCc2cc3nc(-c4cccc(N5CCCC6(CC6)C5)n4)ccc3cn2)c1. The molecule has 39 heavy (non-hydrogen) atoms. The molecule has 1 aliphatic heterocycles. The number of halogens is 1. The van der Waals surface area contributed by atoms with E-state index in [0.29, 0.717) is 16.6 Å². The van der Waals surface area contributed by atoms with E-state index >= 15 is 0 Å². The van der Waals surface area contributed by atoms with Gasteiger partial charge in [0.15, 0.2) is 9.84 Å². The number of rotatable bonds is 6. The van der Waals surface area contributed by atoms with Crippen LogP contribution in [-0.4, -0.2) is 48.6 Å². The summed E-state index contributed by atoms with van der Waals surface area (Å²) in [4.78, 5) is 28.9. The van der Waals surface area contributed by atoms with E-state index in [9.17, 15) is 17.6 Å². The minimum Gasteiger partial charge on any atom is -0.356 e. The van der Waals surface area contributed by atoms with Crippen LogP contribution in [-0.2, 0) is 16.4 Å². The van der Waals surface area contributed by atoms with Crippen molar-refractivity contribution in [3.8, 4) is 11.4 Å². The van der Waals surface area contributed by atoms with Crippen molar-refractivity contribution in [1.29, 1.82) is 0 Å². The molecule has 1 amide bonds. The zero-order valence-corrected chi connectivity index (χ0v) is 22.3. The van der Waals surface area contributed by atoms with Gasteiger partial charge < -0.3 is 10.2 Å². The van der Waals surface area contributed by atoms with E-state index in [0.717, 1.165) is 60.1 Å². The molecule has 1 saturated carbocycles. The Balaban J connectivity index is 1.20. The van der Waals surface area contributed by atoms with Crippen LogP contribution in [0.2, 0.25) is 0 Å². The highest BCUT2D eigenvalue weighted by atomic mass is 32.2. The second kappa shape index (κ2) is 9.68. The number of nitrogens with one attached hydrogen (secondary N) is 1. The van der Waals surface area contributed by atoms with Crippen molar-refractivity contribution in [3.05, 3.63) is 77.9 Å². The molecule has 10 heteroatoms. The second-order valence-corrected chi connectivity index (χ2v) is 12.6. The summed E-state index contributed by atoms with van der Waals surface area (Å²) < 4.78 is 37.5. The smallest absolute Gasteiger partial charge is 0.251 e. The standard InChI is InChI=1S/C29H28FN5O3S/c1-39(37,38)23-13-20(12-21(30)14-23)28(36)32-17-22-15-26-19(16-31-22)6-7-25(33-26)24-4-2-5-27(34-24)35-11-3-8-29(18-35)9-10-29/h2,4-7,12-16H,3,8-11,17-18H2,1H3,(H,32,36). The third-order valence-corrected chi connectivity index (χ3v) is 8.65. The number of nitrogens with zero attached hydrogens (tertiary/aromatic N) is 4. The van der Waals surface area contributed by atoms with Gasteiger partial charge in [0.05, 0.1) is 34.0 Å². The van der Waals surface area contributed by atoms with Gasteiger partial charge in [-0.15, -0.1) is 0 Å². The molecular formula is C29H28FN5O3S. The molecule has 0 atom stereocenters. The summed E-state index contributed by atoms with van der Waals surface area (Å²) in [5.41, 5.74) is 3.23.